The Balaban J connectivity index is 2.83. The topological polar surface area (TPSA) is 3.24 Å². The quantitative estimate of drug-likeness (QED) is 0.468. The number of hydrogen-bond acceptors (Lipinski definition) is 1. The SMILES string of the molecule is CN(C)c1ccc([Si]F)cc1. The van der Waals surface area contributed by atoms with Gasteiger partial charge in [0.1, 0.15) is 0 Å². The van der Waals surface area contributed by atoms with Gasteiger partial charge in [0.15, 0.2) is 0 Å². The average Bonchev–Trinajstić information content (AvgIpc) is 2.05. The summed E-state index contributed by atoms with van der Waals surface area (Å²) < 4.78 is 12.1. The Labute approximate surface area is 68.8 Å². The molecular formula is C8H10FNSi. The van der Waals surface area contributed by atoms with Crippen molar-refractivity contribution in [2.45, 2.75) is 0 Å². The van der Waals surface area contributed by atoms with E-state index < -0.39 is 9.85 Å². The maximum absolute atomic E-state index is 12.1. The van der Waals surface area contributed by atoms with Gasteiger partial charge in [0.25, 0.3) is 0 Å². The van der Waals surface area contributed by atoms with Gasteiger partial charge in [0, 0.05) is 19.8 Å². The fraction of sp³-hybridized carbons (Fsp3) is 0.250. The molecule has 0 saturated carbocycles. The van der Waals surface area contributed by atoms with E-state index >= 15 is 0 Å². The molecule has 0 atom stereocenters. The molecule has 0 N–H and O–H groups in total. The summed E-state index contributed by atoms with van der Waals surface area (Å²) in [4.78, 5) is 1.99. The summed E-state index contributed by atoms with van der Waals surface area (Å²) in [6, 6.07) is 7.46. The monoisotopic (exact) mass is 167 g/mol. The van der Waals surface area contributed by atoms with Crippen molar-refractivity contribution in [1.29, 1.82) is 0 Å². The molecule has 0 aliphatic heterocycles. The van der Waals surface area contributed by atoms with Crippen molar-refractivity contribution in [2.75, 3.05) is 19.0 Å². The Morgan fingerprint density at radius 2 is 1.73 bits per heavy atom. The summed E-state index contributed by atoms with van der Waals surface area (Å²) in [5, 5.41) is 0.760. The number of halogens is 1. The molecule has 0 saturated heterocycles. The molecule has 0 amide bonds. The highest BCUT2D eigenvalue weighted by Crippen LogP contribution is 2.06. The van der Waals surface area contributed by atoms with Crippen LogP contribution in [0.4, 0.5) is 9.80 Å². The molecule has 0 aliphatic rings. The van der Waals surface area contributed by atoms with Crippen molar-refractivity contribution < 1.29 is 4.11 Å². The first-order chi connectivity index (χ1) is 5.24. The number of hydrogen-bond donors (Lipinski definition) is 0. The van der Waals surface area contributed by atoms with Crippen molar-refractivity contribution in [3.63, 3.8) is 0 Å². The molecule has 1 aromatic rings. The van der Waals surface area contributed by atoms with E-state index in [0.717, 1.165) is 10.9 Å². The summed E-state index contributed by atoms with van der Waals surface area (Å²) in [6.07, 6.45) is 0. The zero-order chi connectivity index (χ0) is 8.27. The molecule has 1 nitrogen and oxygen atoms in total. The van der Waals surface area contributed by atoms with Crippen LogP contribution in [0.2, 0.25) is 0 Å². The van der Waals surface area contributed by atoms with E-state index in [-0.39, 0.29) is 0 Å². The third kappa shape index (κ3) is 2.05. The van der Waals surface area contributed by atoms with E-state index in [9.17, 15) is 4.11 Å². The minimum Gasteiger partial charge on any atom is -0.378 e. The molecule has 11 heavy (non-hydrogen) atoms. The van der Waals surface area contributed by atoms with E-state index in [1.165, 1.54) is 0 Å². The molecule has 0 bridgehead atoms. The normalized spacial score (nSPS) is 9.73. The van der Waals surface area contributed by atoms with Crippen LogP contribution in [-0.4, -0.2) is 23.9 Å². The van der Waals surface area contributed by atoms with Crippen LogP contribution in [0, 0.1) is 0 Å². The van der Waals surface area contributed by atoms with Gasteiger partial charge in [-0.25, -0.2) is 0 Å². The highest BCUT2D eigenvalue weighted by Gasteiger charge is 1.95. The Bertz CT molecular complexity index is 220. The summed E-state index contributed by atoms with van der Waals surface area (Å²) in [5.41, 5.74) is 1.10. The number of nitrogens with zero attached hydrogens (tertiary/aromatic N) is 1. The average molecular weight is 167 g/mol. The molecule has 3 heteroatoms. The summed E-state index contributed by atoms with van der Waals surface area (Å²) in [7, 11) is 3.33. The first-order valence-corrected chi connectivity index (χ1v) is 4.26. The van der Waals surface area contributed by atoms with Gasteiger partial charge >= 0.3 is 9.85 Å². The lowest BCUT2D eigenvalue weighted by Crippen LogP contribution is -2.12. The molecule has 0 fully saturated rings. The van der Waals surface area contributed by atoms with Gasteiger partial charge in [-0.1, -0.05) is 12.1 Å². The largest absolute Gasteiger partial charge is 0.378 e. The molecule has 1 rings (SSSR count). The first-order valence-electron chi connectivity index (χ1n) is 3.38. The van der Waals surface area contributed by atoms with Crippen LogP contribution >= 0.6 is 0 Å². The minimum atomic E-state index is -0.599. The zero-order valence-electron chi connectivity index (χ0n) is 6.63. The second-order valence-electron chi connectivity index (χ2n) is 2.54. The Hall–Kier alpha value is -0.833. The molecule has 2 radical (unpaired) electrons. The molecule has 58 valence electrons. The van der Waals surface area contributed by atoms with Crippen LogP contribution in [0.1, 0.15) is 0 Å². The van der Waals surface area contributed by atoms with Crippen molar-refractivity contribution in [3.8, 4) is 0 Å². The van der Waals surface area contributed by atoms with Crippen molar-refractivity contribution in [3.05, 3.63) is 24.3 Å². The Kier molecular flexibility index (Phi) is 2.65. The van der Waals surface area contributed by atoms with Crippen LogP contribution in [0.15, 0.2) is 24.3 Å². The van der Waals surface area contributed by atoms with Gasteiger partial charge in [-0.05, 0) is 17.3 Å². The lowest BCUT2D eigenvalue weighted by molar-refractivity contribution is 0.885. The van der Waals surface area contributed by atoms with Crippen LogP contribution in [-0.2, 0) is 0 Å². The van der Waals surface area contributed by atoms with Crippen LogP contribution in [0.25, 0.3) is 0 Å². The highest BCUT2D eigenvalue weighted by molar-refractivity contribution is 6.46. The molecule has 1 aromatic carbocycles. The molecule has 0 aromatic heterocycles. The summed E-state index contributed by atoms with van der Waals surface area (Å²) in [6.45, 7) is 0. The van der Waals surface area contributed by atoms with Crippen LogP contribution in [0.3, 0.4) is 0 Å². The van der Waals surface area contributed by atoms with E-state index in [4.69, 9.17) is 0 Å². The minimum absolute atomic E-state index is 0.599. The molecule has 0 spiro atoms. The van der Waals surface area contributed by atoms with Crippen molar-refractivity contribution in [2.24, 2.45) is 0 Å². The van der Waals surface area contributed by atoms with E-state index in [2.05, 4.69) is 0 Å². The van der Waals surface area contributed by atoms with Gasteiger partial charge in [-0.15, -0.1) is 0 Å². The fourth-order valence-electron chi connectivity index (χ4n) is 0.823. The molecule has 0 heterocycles. The molecule has 0 unspecified atom stereocenters. The number of benzene rings is 1. The second kappa shape index (κ2) is 3.53. The predicted octanol–water partition coefficient (Wildman–Crippen LogP) is 0.967. The fourth-order valence-corrected chi connectivity index (χ4v) is 1.12. The third-order valence-corrected chi connectivity index (χ3v) is 2.04. The number of rotatable bonds is 2. The predicted molar refractivity (Wildman–Crippen MR) is 47.3 cm³/mol. The van der Waals surface area contributed by atoms with Crippen LogP contribution < -0.4 is 10.1 Å². The summed E-state index contributed by atoms with van der Waals surface area (Å²) in [5.74, 6) is 0. The second-order valence-corrected chi connectivity index (χ2v) is 3.30. The Morgan fingerprint density at radius 1 is 1.18 bits per heavy atom. The zero-order valence-corrected chi connectivity index (χ0v) is 7.63. The van der Waals surface area contributed by atoms with Gasteiger partial charge in [-0.2, -0.15) is 0 Å². The lowest BCUT2D eigenvalue weighted by atomic mass is 10.3. The highest BCUT2D eigenvalue weighted by atomic mass is 28.3. The van der Waals surface area contributed by atoms with Gasteiger partial charge in [0.05, 0.1) is 0 Å². The molecule has 0 aliphatic carbocycles. The maximum atomic E-state index is 12.1. The maximum Gasteiger partial charge on any atom is 0.333 e. The first kappa shape index (κ1) is 8.27. The van der Waals surface area contributed by atoms with Gasteiger partial charge in [0.2, 0.25) is 0 Å². The van der Waals surface area contributed by atoms with E-state index in [1.54, 1.807) is 0 Å². The lowest BCUT2D eigenvalue weighted by Gasteiger charge is -2.11. The van der Waals surface area contributed by atoms with Crippen molar-refractivity contribution in [1.82, 2.24) is 0 Å². The number of anilines is 1. The van der Waals surface area contributed by atoms with Gasteiger partial charge < -0.3 is 9.01 Å². The van der Waals surface area contributed by atoms with E-state index in [0.29, 0.717) is 0 Å². The van der Waals surface area contributed by atoms with E-state index in [1.807, 2.05) is 43.3 Å². The van der Waals surface area contributed by atoms with Gasteiger partial charge in [-0.3, -0.25) is 0 Å². The molecular weight excluding hydrogens is 157 g/mol. The standard InChI is InChI=1S/C8H10FNSi/c1-10(2)7-3-5-8(11-9)6-4-7/h3-6H,1-2H3. The summed E-state index contributed by atoms with van der Waals surface area (Å²) >= 11 is 0. The smallest absolute Gasteiger partial charge is 0.333 e. The Morgan fingerprint density at radius 3 is 2.09 bits per heavy atom. The van der Waals surface area contributed by atoms with Crippen molar-refractivity contribution >= 4 is 20.7 Å². The third-order valence-electron chi connectivity index (χ3n) is 1.49. The van der Waals surface area contributed by atoms with Crippen LogP contribution in [0.5, 0.6) is 0 Å².